The van der Waals surface area contributed by atoms with Crippen LogP contribution in [0.3, 0.4) is 0 Å². The van der Waals surface area contributed by atoms with Crippen LogP contribution in [0.25, 0.3) is 0 Å². The largest absolute Gasteiger partial charge is 0.378 e. The highest BCUT2D eigenvalue weighted by Gasteiger charge is 2.22. The van der Waals surface area contributed by atoms with E-state index < -0.39 is 0 Å². The van der Waals surface area contributed by atoms with Crippen LogP contribution in [0.1, 0.15) is 25.3 Å². The van der Waals surface area contributed by atoms with Gasteiger partial charge in [0, 0.05) is 46.0 Å². The summed E-state index contributed by atoms with van der Waals surface area (Å²) in [5, 5.41) is 6.90. The third-order valence-corrected chi connectivity index (χ3v) is 4.79. The summed E-state index contributed by atoms with van der Waals surface area (Å²) < 4.78 is 0. The van der Waals surface area contributed by atoms with Gasteiger partial charge in [-0.05, 0) is 50.0 Å². The predicted molar refractivity (Wildman–Crippen MR) is 120 cm³/mol. The number of anilines is 1. The van der Waals surface area contributed by atoms with E-state index in [2.05, 4.69) is 70.7 Å². The van der Waals surface area contributed by atoms with Gasteiger partial charge in [0.15, 0.2) is 5.96 Å². The summed E-state index contributed by atoms with van der Waals surface area (Å²) in [6, 6.07) is 9.38. The number of hydrogen-bond acceptors (Lipinski definition) is 3. The van der Waals surface area contributed by atoms with Gasteiger partial charge in [-0.15, -0.1) is 24.0 Å². The van der Waals surface area contributed by atoms with Crippen LogP contribution in [0.4, 0.5) is 5.69 Å². The molecule has 0 aromatic heterocycles. The molecule has 1 aromatic rings. The fourth-order valence-corrected chi connectivity index (χ4v) is 3.26. The number of likely N-dealkylation sites (N-methyl/N-ethyl adjacent to an activating group) is 1. The van der Waals surface area contributed by atoms with Gasteiger partial charge in [0.05, 0.1) is 0 Å². The van der Waals surface area contributed by atoms with E-state index in [0.29, 0.717) is 6.04 Å². The molecule has 1 heterocycles. The maximum absolute atomic E-state index is 4.34. The second-order valence-corrected chi connectivity index (χ2v) is 6.62. The van der Waals surface area contributed by atoms with Crippen molar-refractivity contribution < 1.29 is 0 Å². The number of aliphatic imine (C=N–C) groups is 1. The molecule has 0 saturated carbocycles. The quantitative estimate of drug-likeness (QED) is 0.374. The first-order valence-corrected chi connectivity index (χ1v) is 9.09. The molecule has 6 heteroatoms. The second-order valence-electron chi connectivity index (χ2n) is 6.62. The molecule has 25 heavy (non-hydrogen) atoms. The van der Waals surface area contributed by atoms with E-state index in [4.69, 9.17) is 0 Å². The highest BCUT2D eigenvalue weighted by Crippen LogP contribution is 2.15. The van der Waals surface area contributed by atoms with Gasteiger partial charge in [0.25, 0.3) is 0 Å². The Hall–Kier alpha value is -1.02. The molecule has 1 aromatic carbocycles. The number of guanidine groups is 1. The number of benzene rings is 1. The van der Waals surface area contributed by atoms with E-state index in [-0.39, 0.29) is 24.0 Å². The highest BCUT2D eigenvalue weighted by atomic mass is 127. The molecule has 0 bridgehead atoms. The van der Waals surface area contributed by atoms with Crippen LogP contribution in [-0.4, -0.2) is 64.2 Å². The van der Waals surface area contributed by atoms with E-state index in [1.165, 1.54) is 30.6 Å². The molecular weight excluding hydrogens is 425 g/mol. The normalized spacial score (nSPS) is 17.9. The number of halogens is 1. The van der Waals surface area contributed by atoms with Gasteiger partial charge >= 0.3 is 0 Å². The Morgan fingerprint density at radius 1 is 1.24 bits per heavy atom. The first-order chi connectivity index (χ1) is 11.6. The Morgan fingerprint density at radius 3 is 2.56 bits per heavy atom. The third-order valence-electron chi connectivity index (χ3n) is 4.79. The van der Waals surface area contributed by atoms with Gasteiger partial charge in [0.1, 0.15) is 0 Å². The molecule has 1 atom stereocenters. The maximum atomic E-state index is 4.34. The number of rotatable bonds is 7. The van der Waals surface area contributed by atoms with Gasteiger partial charge in [-0.25, -0.2) is 0 Å². The molecular formula is C19H34IN5. The third kappa shape index (κ3) is 7.01. The summed E-state index contributed by atoms with van der Waals surface area (Å²) >= 11 is 0. The highest BCUT2D eigenvalue weighted by molar-refractivity contribution is 14.0. The topological polar surface area (TPSA) is 42.9 Å². The van der Waals surface area contributed by atoms with Crippen LogP contribution in [0.5, 0.6) is 0 Å². The van der Waals surface area contributed by atoms with Crippen LogP contribution >= 0.6 is 24.0 Å². The number of nitrogens with zero attached hydrogens (tertiary/aromatic N) is 3. The standard InChI is InChI=1S/C19H33N5.HI/c1-5-24-14-6-7-18(24)15-22-19(20-2)21-13-12-16-8-10-17(11-9-16)23(3)4;/h8-11,18H,5-7,12-15H2,1-4H3,(H2,20,21,22);1H. The van der Waals surface area contributed by atoms with Crippen LogP contribution in [-0.2, 0) is 6.42 Å². The minimum Gasteiger partial charge on any atom is -0.378 e. The summed E-state index contributed by atoms with van der Waals surface area (Å²) in [4.78, 5) is 9.01. The average molecular weight is 459 g/mol. The lowest BCUT2D eigenvalue weighted by Gasteiger charge is -2.24. The van der Waals surface area contributed by atoms with Crippen molar-refractivity contribution in [2.75, 3.05) is 52.2 Å². The lowest BCUT2D eigenvalue weighted by atomic mass is 10.1. The summed E-state index contributed by atoms with van der Waals surface area (Å²) in [5.74, 6) is 0.905. The summed E-state index contributed by atoms with van der Waals surface area (Å²) in [6.45, 7) is 6.49. The van der Waals surface area contributed by atoms with E-state index in [1.807, 2.05) is 7.05 Å². The molecule has 0 spiro atoms. The molecule has 1 aliphatic heterocycles. The van der Waals surface area contributed by atoms with Crippen molar-refractivity contribution in [1.82, 2.24) is 15.5 Å². The average Bonchev–Trinajstić information content (AvgIpc) is 3.05. The van der Waals surface area contributed by atoms with Crippen molar-refractivity contribution in [3.8, 4) is 0 Å². The molecule has 2 N–H and O–H groups in total. The van der Waals surface area contributed by atoms with Crippen LogP contribution < -0.4 is 15.5 Å². The Labute approximate surface area is 170 Å². The van der Waals surface area contributed by atoms with Crippen LogP contribution in [0.2, 0.25) is 0 Å². The summed E-state index contributed by atoms with van der Waals surface area (Å²) in [6.07, 6.45) is 3.60. The van der Waals surface area contributed by atoms with E-state index in [1.54, 1.807) is 0 Å². The minimum atomic E-state index is 0. The second kappa shape index (κ2) is 11.6. The van der Waals surface area contributed by atoms with Crippen molar-refractivity contribution in [2.24, 2.45) is 4.99 Å². The Kier molecular flexibility index (Phi) is 10.2. The Balaban J connectivity index is 0.00000312. The molecule has 1 unspecified atom stereocenters. The van der Waals surface area contributed by atoms with Gasteiger partial charge in [0.2, 0.25) is 0 Å². The molecule has 0 amide bonds. The molecule has 2 rings (SSSR count). The van der Waals surface area contributed by atoms with Crippen molar-refractivity contribution >= 4 is 35.6 Å². The monoisotopic (exact) mass is 459 g/mol. The zero-order chi connectivity index (χ0) is 17.4. The fourth-order valence-electron chi connectivity index (χ4n) is 3.26. The van der Waals surface area contributed by atoms with E-state index in [0.717, 1.165) is 32.0 Å². The zero-order valence-corrected chi connectivity index (χ0v) is 18.4. The Bertz CT molecular complexity index is 515. The summed E-state index contributed by atoms with van der Waals surface area (Å²) in [7, 11) is 5.97. The molecule has 5 nitrogen and oxygen atoms in total. The predicted octanol–water partition coefficient (Wildman–Crippen LogP) is 2.56. The van der Waals surface area contributed by atoms with Crippen LogP contribution in [0.15, 0.2) is 29.3 Å². The molecule has 0 aliphatic carbocycles. The number of likely N-dealkylation sites (tertiary alicyclic amines) is 1. The Morgan fingerprint density at radius 2 is 1.96 bits per heavy atom. The molecule has 1 saturated heterocycles. The zero-order valence-electron chi connectivity index (χ0n) is 16.1. The van der Waals surface area contributed by atoms with Gasteiger partial charge in [-0.1, -0.05) is 19.1 Å². The minimum absolute atomic E-state index is 0. The maximum Gasteiger partial charge on any atom is 0.191 e. The van der Waals surface area contributed by atoms with Crippen molar-refractivity contribution in [2.45, 2.75) is 32.2 Å². The smallest absolute Gasteiger partial charge is 0.191 e. The van der Waals surface area contributed by atoms with E-state index in [9.17, 15) is 0 Å². The van der Waals surface area contributed by atoms with Gasteiger partial charge < -0.3 is 15.5 Å². The van der Waals surface area contributed by atoms with Gasteiger partial charge in [-0.2, -0.15) is 0 Å². The van der Waals surface area contributed by atoms with Gasteiger partial charge in [-0.3, -0.25) is 9.89 Å². The first-order valence-electron chi connectivity index (χ1n) is 9.09. The van der Waals surface area contributed by atoms with Crippen LogP contribution in [0, 0.1) is 0 Å². The molecule has 1 fully saturated rings. The summed E-state index contributed by atoms with van der Waals surface area (Å²) in [5.41, 5.74) is 2.58. The lowest BCUT2D eigenvalue weighted by Crippen LogP contribution is -2.45. The molecule has 0 radical (unpaired) electrons. The first kappa shape index (κ1) is 22.0. The van der Waals surface area contributed by atoms with Crippen molar-refractivity contribution in [3.63, 3.8) is 0 Å². The number of hydrogen-bond donors (Lipinski definition) is 2. The SMILES string of the molecule is CCN1CCCC1CNC(=NC)NCCc1ccc(N(C)C)cc1.I. The molecule has 1 aliphatic rings. The van der Waals surface area contributed by atoms with E-state index >= 15 is 0 Å². The lowest BCUT2D eigenvalue weighted by molar-refractivity contribution is 0.267. The fraction of sp³-hybridized carbons (Fsp3) is 0.632. The molecule has 142 valence electrons. The van der Waals surface area contributed by atoms with Crippen molar-refractivity contribution in [3.05, 3.63) is 29.8 Å². The number of nitrogens with one attached hydrogen (secondary N) is 2. The van der Waals surface area contributed by atoms with Crippen molar-refractivity contribution in [1.29, 1.82) is 0 Å².